The molecule has 0 amide bonds. The normalized spacial score (nSPS) is 24.7. The molecule has 2 rings (SSSR count). The van der Waals surface area contributed by atoms with Crippen LogP contribution in [-0.2, 0) is 32.8 Å². The first kappa shape index (κ1) is 18.3. The summed E-state index contributed by atoms with van der Waals surface area (Å²) in [6, 6.07) is 0.941. The number of hydrogen-bond acceptors (Lipinski definition) is 7. The molecule has 0 aliphatic carbocycles. The first-order chi connectivity index (χ1) is 10.8. The molecule has 3 atom stereocenters. The summed E-state index contributed by atoms with van der Waals surface area (Å²) in [5, 5.41) is 0. The molecule has 0 radical (unpaired) electrons. The van der Waals surface area contributed by atoms with Gasteiger partial charge in [0, 0.05) is 19.6 Å². The molecule has 0 saturated carbocycles. The highest BCUT2D eigenvalue weighted by Gasteiger charge is 2.27. The predicted molar refractivity (Wildman–Crippen MR) is 80.7 cm³/mol. The third-order valence-corrected chi connectivity index (χ3v) is 5.58. The highest BCUT2D eigenvalue weighted by Crippen LogP contribution is 2.16. The van der Waals surface area contributed by atoms with Crippen LogP contribution in [0.5, 0.6) is 0 Å². The molecule has 0 bridgehead atoms. The van der Waals surface area contributed by atoms with Crippen molar-refractivity contribution in [3.8, 4) is 0 Å². The molecule has 2 fully saturated rings. The fourth-order valence-electron chi connectivity index (χ4n) is 1.93. The molecular weight excluding hydrogens is 308 g/mol. The van der Waals surface area contributed by atoms with Crippen molar-refractivity contribution in [2.24, 2.45) is 0 Å². The standard InChI is InChI=1S/C14H28O7Si/c1-3-19-22(20-4-2)7-5-6-14(17-10-12-8-15-12)21-18-11-13-9-16-13/h12-14,22H,3-11H2,1-2H3. The average molecular weight is 336 g/mol. The first-order valence-corrected chi connectivity index (χ1v) is 9.94. The summed E-state index contributed by atoms with van der Waals surface area (Å²) in [7, 11) is -1.55. The van der Waals surface area contributed by atoms with E-state index in [1.807, 2.05) is 13.8 Å². The Balaban J connectivity index is 1.59. The largest absolute Gasteiger partial charge is 0.397 e. The van der Waals surface area contributed by atoms with Crippen LogP contribution in [0.4, 0.5) is 0 Å². The highest BCUT2D eigenvalue weighted by molar-refractivity contribution is 6.44. The molecular formula is C14H28O7Si. The van der Waals surface area contributed by atoms with Crippen molar-refractivity contribution in [3.05, 3.63) is 0 Å². The number of hydrogen-bond donors (Lipinski definition) is 0. The Kier molecular flexibility index (Phi) is 8.86. The van der Waals surface area contributed by atoms with E-state index >= 15 is 0 Å². The second kappa shape index (κ2) is 10.7. The Bertz CT molecular complexity index is 280. The second-order valence-corrected chi connectivity index (χ2v) is 7.43. The summed E-state index contributed by atoms with van der Waals surface area (Å²) in [4.78, 5) is 10.5. The van der Waals surface area contributed by atoms with Crippen LogP contribution in [0.25, 0.3) is 0 Å². The minimum absolute atomic E-state index is 0.181. The van der Waals surface area contributed by atoms with Crippen molar-refractivity contribution >= 4 is 9.28 Å². The van der Waals surface area contributed by atoms with Gasteiger partial charge < -0.3 is 23.1 Å². The third-order valence-electron chi connectivity index (χ3n) is 3.29. The van der Waals surface area contributed by atoms with Crippen LogP contribution in [0.2, 0.25) is 6.04 Å². The van der Waals surface area contributed by atoms with Crippen molar-refractivity contribution in [2.75, 3.05) is 39.6 Å². The predicted octanol–water partition coefficient (Wildman–Crippen LogP) is 1.15. The van der Waals surface area contributed by atoms with Gasteiger partial charge >= 0.3 is 9.28 Å². The molecule has 7 nitrogen and oxygen atoms in total. The van der Waals surface area contributed by atoms with Gasteiger partial charge in [0.15, 0.2) is 6.29 Å². The molecule has 0 aromatic rings. The molecule has 0 N–H and O–H groups in total. The van der Waals surface area contributed by atoms with Crippen molar-refractivity contribution in [1.29, 1.82) is 0 Å². The summed E-state index contributed by atoms with van der Waals surface area (Å²) in [5.74, 6) is 0. The van der Waals surface area contributed by atoms with Gasteiger partial charge in [-0.25, -0.2) is 9.78 Å². The Labute approximate surface area is 133 Å². The average Bonchev–Trinajstić information content (AvgIpc) is 3.38. The minimum Gasteiger partial charge on any atom is -0.397 e. The summed E-state index contributed by atoms with van der Waals surface area (Å²) in [6.45, 7) is 7.93. The lowest BCUT2D eigenvalue weighted by Crippen LogP contribution is -2.25. The van der Waals surface area contributed by atoms with Crippen LogP contribution in [0.3, 0.4) is 0 Å². The molecule has 2 aliphatic rings. The van der Waals surface area contributed by atoms with Crippen LogP contribution in [0.1, 0.15) is 26.7 Å². The SMILES string of the molecule is CCO[SiH](CCCC(OCC1CO1)OOCC1CO1)OCC. The summed E-state index contributed by atoms with van der Waals surface area (Å²) in [6.07, 6.45) is 1.70. The fourth-order valence-corrected chi connectivity index (χ4v) is 3.67. The lowest BCUT2D eigenvalue weighted by molar-refractivity contribution is -0.380. The Hall–Kier alpha value is -0.0631. The quantitative estimate of drug-likeness (QED) is 0.146. The van der Waals surface area contributed by atoms with Gasteiger partial charge in [-0.2, -0.15) is 0 Å². The maximum absolute atomic E-state index is 5.69. The van der Waals surface area contributed by atoms with E-state index in [9.17, 15) is 0 Å². The molecule has 22 heavy (non-hydrogen) atoms. The van der Waals surface area contributed by atoms with E-state index in [0.717, 1.165) is 32.1 Å². The van der Waals surface area contributed by atoms with E-state index in [1.165, 1.54) is 0 Å². The van der Waals surface area contributed by atoms with Gasteiger partial charge in [-0.3, -0.25) is 0 Å². The van der Waals surface area contributed by atoms with Crippen LogP contribution < -0.4 is 0 Å². The Morgan fingerprint density at radius 3 is 2.27 bits per heavy atom. The van der Waals surface area contributed by atoms with Gasteiger partial charge in [-0.15, -0.1) is 0 Å². The Morgan fingerprint density at radius 1 is 1.05 bits per heavy atom. The summed E-state index contributed by atoms with van der Waals surface area (Å²) in [5.41, 5.74) is 0. The van der Waals surface area contributed by atoms with Crippen LogP contribution in [0, 0.1) is 0 Å². The lowest BCUT2D eigenvalue weighted by Gasteiger charge is -2.18. The molecule has 0 spiro atoms. The molecule has 0 aromatic heterocycles. The topological polar surface area (TPSA) is 71.2 Å². The lowest BCUT2D eigenvalue weighted by atomic mass is 10.3. The molecule has 2 aliphatic heterocycles. The van der Waals surface area contributed by atoms with E-state index in [4.69, 9.17) is 32.8 Å². The molecule has 2 heterocycles. The van der Waals surface area contributed by atoms with E-state index in [1.54, 1.807) is 0 Å². The molecule has 3 unspecified atom stereocenters. The zero-order valence-corrected chi connectivity index (χ0v) is 14.7. The zero-order valence-electron chi connectivity index (χ0n) is 13.5. The molecule has 8 heteroatoms. The molecule has 0 aromatic carbocycles. The van der Waals surface area contributed by atoms with Crippen molar-refractivity contribution in [3.63, 3.8) is 0 Å². The van der Waals surface area contributed by atoms with Crippen molar-refractivity contribution in [1.82, 2.24) is 0 Å². The monoisotopic (exact) mass is 336 g/mol. The first-order valence-electron chi connectivity index (χ1n) is 8.18. The van der Waals surface area contributed by atoms with Crippen molar-refractivity contribution < 1.29 is 32.8 Å². The molecule has 2 saturated heterocycles. The number of epoxide rings is 2. The van der Waals surface area contributed by atoms with Gasteiger partial charge in [-0.05, 0) is 26.3 Å². The van der Waals surface area contributed by atoms with Crippen LogP contribution >= 0.6 is 0 Å². The number of ether oxygens (including phenoxy) is 3. The van der Waals surface area contributed by atoms with Gasteiger partial charge in [0.2, 0.25) is 0 Å². The van der Waals surface area contributed by atoms with Gasteiger partial charge in [0.05, 0.1) is 19.8 Å². The number of rotatable bonds is 15. The van der Waals surface area contributed by atoms with E-state index in [2.05, 4.69) is 0 Å². The van der Waals surface area contributed by atoms with Crippen molar-refractivity contribution in [2.45, 2.75) is 51.2 Å². The maximum Gasteiger partial charge on any atom is 0.321 e. The second-order valence-electron chi connectivity index (χ2n) is 5.33. The van der Waals surface area contributed by atoms with Gasteiger partial charge in [-0.1, -0.05) is 0 Å². The van der Waals surface area contributed by atoms with E-state index in [0.29, 0.717) is 26.4 Å². The third kappa shape index (κ3) is 8.54. The summed E-state index contributed by atoms with van der Waals surface area (Å²) < 4.78 is 27.2. The van der Waals surface area contributed by atoms with Gasteiger partial charge in [0.1, 0.15) is 18.8 Å². The van der Waals surface area contributed by atoms with E-state index in [-0.39, 0.29) is 18.5 Å². The summed E-state index contributed by atoms with van der Waals surface area (Å²) >= 11 is 0. The van der Waals surface area contributed by atoms with E-state index < -0.39 is 9.28 Å². The Morgan fingerprint density at radius 2 is 1.68 bits per heavy atom. The fraction of sp³-hybridized carbons (Fsp3) is 1.00. The maximum atomic E-state index is 5.69. The highest BCUT2D eigenvalue weighted by atomic mass is 28.3. The minimum atomic E-state index is -1.55. The van der Waals surface area contributed by atoms with Gasteiger partial charge in [0.25, 0.3) is 0 Å². The van der Waals surface area contributed by atoms with Crippen LogP contribution in [-0.4, -0.2) is 67.4 Å². The smallest absolute Gasteiger partial charge is 0.321 e. The zero-order chi connectivity index (χ0) is 15.6. The molecule has 130 valence electrons. The van der Waals surface area contributed by atoms with Crippen LogP contribution in [0.15, 0.2) is 0 Å².